The Balaban J connectivity index is 2.21. The van der Waals surface area contributed by atoms with Gasteiger partial charge >= 0.3 is 0 Å². The first-order chi connectivity index (χ1) is 10.2. The topological polar surface area (TPSA) is 82.2 Å². The van der Waals surface area contributed by atoms with Gasteiger partial charge in [0.05, 0.1) is 35.2 Å². The highest BCUT2D eigenvalue weighted by molar-refractivity contribution is 6.33. The van der Waals surface area contributed by atoms with Crippen molar-refractivity contribution >= 4 is 23.2 Å². The number of hydrogen-bond acceptors (Lipinski definition) is 4. The van der Waals surface area contributed by atoms with Gasteiger partial charge in [-0.3, -0.25) is 4.79 Å². The predicted molar refractivity (Wildman–Crippen MR) is 81.7 cm³/mol. The van der Waals surface area contributed by atoms with E-state index in [9.17, 15) is 4.79 Å². The summed E-state index contributed by atoms with van der Waals surface area (Å²) in [5.41, 5.74) is 6.80. The highest BCUT2D eigenvalue weighted by Crippen LogP contribution is 2.28. The van der Waals surface area contributed by atoms with Gasteiger partial charge in [-0.25, -0.2) is 4.98 Å². The molecule has 1 aromatic carbocycles. The number of halogens is 1. The van der Waals surface area contributed by atoms with Gasteiger partial charge in [0.15, 0.2) is 0 Å². The van der Waals surface area contributed by atoms with Crippen molar-refractivity contribution in [1.29, 1.82) is 0 Å². The second-order valence-corrected chi connectivity index (χ2v) is 4.86. The van der Waals surface area contributed by atoms with E-state index in [4.69, 9.17) is 22.1 Å². The highest BCUT2D eigenvalue weighted by Gasteiger charge is 2.15. The van der Waals surface area contributed by atoms with Crippen molar-refractivity contribution < 1.29 is 9.53 Å². The lowest BCUT2D eigenvalue weighted by molar-refractivity contribution is -0.118. The van der Waals surface area contributed by atoms with Gasteiger partial charge in [0.1, 0.15) is 0 Å². The van der Waals surface area contributed by atoms with Crippen molar-refractivity contribution in [3.63, 3.8) is 0 Å². The SMILES string of the molecule is COC(CN)CC(=O)Nc1cccc(Cl)c1-n1ccnc1. The average molecular weight is 309 g/mol. The van der Waals surface area contributed by atoms with E-state index in [1.165, 1.54) is 7.11 Å². The summed E-state index contributed by atoms with van der Waals surface area (Å²) in [6, 6.07) is 5.31. The monoisotopic (exact) mass is 308 g/mol. The number of para-hydroxylation sites is 1. The van der Waals surface area contributed by atoms with Crippen LogP contribution < -0.4 is 11.1 Å². The zero-order valence-electron chi connectivity index (χ0n) is 11.6. The molecule has 1 amide bonds. The molecule has 0 fully saturated rings. The second-order valence-electron chi connectivity index (χ2n) is 4.45. The molecule has 21 heavy (non-hydrogen) atoms. The lowest BCUT2D eigenvalue weighted by Crippen LogP contribution is -2.28. The number of nitrogens with one attached hydrogen (secondary N) is 1. The number of ether oxygens (including phenoxy) is 1. The molecule has 0 saturated carbocycles. The van der Waals surface area contributed by atoms with Crippen molar-refractivity contribution in [3.8, 4) is 5.69 Å². The number of aromatic nitrogens is 2. The van der Waals surface area contributed by atoms with Gasteiger partial charge in [-0.05, 0) is 12.1 Å². The number of rotatable bonds is 6. The fraction of sp³-hybridized carbons (Fsp3) is 0.286. The van der Waals surface area contributed by atoms with Gasteiger partial charge in [-0.2, -0.15) is 0 Å². The van der Waals surface area contributed by atoms with Crippen LogP contribution in [0.4, 0.5) is 5.69 Å². The number of carbonyl (C=O) groups excluding carboxylic acids is 1. The zero-order chi connectivity index (χ0) is 15.2. The van der Waals surface area contributed by atoms with Crippen molar-refractivity contribution in [3.05, 3.63) is 41.9 Å². The second kappa shape index (κ2) is 7.21. The third kappa shape index (κ3) is 3.81. The lowest BCUT2D eigenvalue weighted by Gasteiger charge is -2.15. The summed E-state index contributed by atoms with van der Waals surface area (Å²) in [5.74, 6) is -0.184. The number of carbonyl (C=O) groups is 1. The molecule has 1 heterocycles. The summed E-state index contributed by atoms with van der Waals surface area (Å²) in [6.45, 7) is 0.286. The van der Waals surface area contributed by atoms with E-state index in [1.807, 2.05) is 0 Å². The Kier molecular flexibility index (Phi) is 5.32. The number of imidazole rings is 1. The van der Waals surface area contributed by atoms with Crippen molar-refractivity contribution in [2.24, 2.45) is 5.73 Å². The van der Waals surface area contributed by atoms with Crippen LogP contribution in [0.2, 0.25) is 5.02 Å². The quantitative estimate of drug-likeness (QED) is 0.853. The summed E-state index contributed by atoms with van der Waals surface area (Å²) in [7, 11) is 1.53. The van der Waals surface area contributed by atoms with E-state index in [-0.39, 0.29) is 25.0 Å². The molecule has 0 aliphatic rings. The summed E-state index contributed by atoms with van der Waals surface area (Å²) in [5, 5.41) is 3.35. The Labute approximate surface area is 127 Å². The Bertz CT molecular complexity index is 597. The minimum atomic E-state index is -0.305. The smallest absolute Gasteiger partial charge is 0.227 e. The molecule has 2 rings (SSSR count). The van der Waals surface area contributed by atoms with Crippen LogP contribution in [0.3, 0.4) is 0 Å². The molecule has 1 aromatic heterocycles. The van der Waals surface area contributed by atoms with Gasteiger partial charge in [0.2, 0.25) is 5.91 Å². The van der Waals surface area contributed by atoms with Gasteiger partial charge in [-0.1, -0.05) is 17.7 Å². The van der Waals surface area contributed by atoms with Crippen LogP contribution in [-0.2, 0) is 9.53 Å². The standard InChI is InChI=1S/C14H17ClN4O2/c1-21-10(8-16)7-13(20)18-12-4-2-3-11(15)14(12)19-6-5-17-9-19/h2-6,9-10H,7-8,16H2,1H3,(H,18,20). The number of anilines is 1. The number of amides is 1. The molecule has 0 spiro atoms. The lowest BCUT2D eigenvalue weighted by atomic mass is 10.2. The first kappa shape index (κ1) is 15.5. The molecule has 112 valence electrons. The maximum atomic E-state index is 12.1. The number of methoxy groups -OCH3 is 1. The van der Waals surface area contributed by atoms with Crippen LogP contribution in [0, 0.1) is 0 Å². The van der Waals surface area contributed by atoms with Crippen LogP contribution in [-0.4, -0.2) is 35.2 Å². The van der Waals surface area contributed by atoms with Crippen molar-refractivity contribution in [2.45, 2.75) is 12.5 Å². The first-order valence-electron chi connectivity index (χ1n) is 6.45. The summed E-state index contributed by atoms with van der Waals surface area (Å²) >= 11 is 6.22. The molecule has 6 nitrogen and oxygen atoms in total. The highest BCUT2D eigenvalue weighted by atomic mass is 35.5. The summed E-state index contributed by atoms with van der Waals surface area (Å²) in [6.07, 6.45) is 4.90. The Morgan fingerprint density at radius 1 is 1.57 bits per heavy atom. The third-order valence-electron chi connectivity index (χ3n) is 3.03. The molecule has 0 bridgehead atoms. The van der Waals surface area contributed by atoms with E-state index in [2.05, 4.69) is 10.3 Å². The normalized spacial score (nSPS) is 12.1. The first-order valence-corrected chi connectivity index (χ1v) is 6.83. The summed E-state index contributed by atoms with van der Waals surface area (Å²) < 4.78 is 6.85. The number of hydrogen-bond donors (Lipinski definition) is 2. The van der Waals surface area contributed by atoms with Crippen LogP contribution in [0.25, 0.3) is 5.69 Å². The Morgan fingerprint density at radius 3 is 3.00 bits per heavy atom. The molecule has 1 unspecified atom stereocenters. The average Bonchev–Trinajstić information content (AvgIpc) is 2.98. The largest absolute Gasteiger partial charge is 0.380 e. The van der Waals surface area contributed by atoms with Gasteiger partial charge in [0.25, 0.3) is 0 Å². The van der Waals surface area contributed by atoms with E-state index in [0.717, 1.165) is 0 Å². The molecular formula is C14H17ClN4O2. The van der Waals surface area contributed by atoms with E-state index in [1.54, 1.807) is 41.5 Å². The van der Waals surface area contributed by atoms with Crippen LogP contribution >= 0.6 is 11.6 Å². The van der Waals surface area contributed by atoms with E-state index >= 15 is 0 Å². The van der Waals surface area contributed by atoms with Gasteiger partial charge in [0, 0.05) is 26.0 Å². The Morgan fingerprint density at radius 2 is 2.38 bits per heavy atom. The minimum Gasteiger partial charge on any atom is -0.380 e. The molecular weight excluding hydrogens is 292 g/mol. The van der Waals surface area contributed by atoms with E-state index < -0.39 is 0 Å². The third-order valence-corrected chi connectivity index (χ3v) is 3.34. The molecule has 7 heteroatoms. The molecule has 1 atom stereocenters. The molecule has 3 N–H and O–H groups in total. The fourth-order valence-electron chi connectivity index (χ4n) is 1.94. The van der Waals surface area contributed by atoms with Crippen molar-refractivity contribution in [2.75, 3.05) is 19.0 Å². The fourth-order valence-corrected chi connectivity index (χ4v) is 2.21. The molecule has 2 aromatic rings. The molecule has 0 radical (unpaired) electrons. The minimum absolute atomic E-state index is 0.183. The molecule has 0 aliphatic heterocycles. The zero-order valence-corrected chi connectivity index (χ0v) is 12.4. The maximum Gasteiger partial charge on any atom is 0.227 e. The van der Waals surface area contributed by atoms with Crippen molar-refractivity contribution in [1.82, 2.24) is 9.55 Å². The van der Waals surface area contributed by atoms with Gasteiger partial charge in [-0.15, -0.1) is 0 Å². The summed E-state index contributed by atoms with van der Waals surface area (Å²) in [4.78, 5) is 16.0. The van der Waals surface area contributed by atoms with Crippen LogP contribution in [0.15, 0.2) is 36.9 Å². The molecule has 0 aliphatic carbocycles. The number of benzene rings is 1. The Hall–Kier alpha value is -1.89. The van der Waals surface area contributed by atoms with E-state index in [0.29, 0.717) is 16.4 Å². The van der Waals surface area contributed by atoms with Gasteiger partial charge < -0.3 is 20.4 Å². The molecule has 0 saturated heterocycles. The predicted octanol–water partition coefficient (Wildman–Crippen LogP) is 1.83. The van der Waals surface area contributed by atoms with Crippen LogP contribution in [0.5, 0.6) is 0 Å². The number of nitrogens with two attached hydrogens (primary N) is 1. The number of nitrogens with zero attached hydrogens (tertiary/aromatic N) is 2. The maximum absolute atomic E-state index is 12.1. The van der Waals surface area contributed by atoms with Crippen LogP contribution in [0.1, 0.15) is 6.42 Å².